The number of hydrogen-bond donors (Lipinski definition) is 2. The summed E-state index contributed by atoms with van der Waals surface area (Å²) in [6.07, 6.45) is 1.48. The Hall–Kier alpha value is -2.51. The predicted octanol–water partition coefficient (Wildman–Crippen LogP) is 5.89. The fourth-order valence-electron chi connectivity index (χ4n) is 2.89. The van der Waals surface area contributed by atoms with Gasteiger partial charge in [0.25, 0.3) is 5.91 Å². The molecule has 0 atom stereocenters. The minimum Gasteiger partial charge on any atom is -0.365 e. The second-order valence-corrected chi connectivity index (χ2v) is 8.29. The molecule has 0 aliphatic heterocycles. The number of nitrogens with zero attached hydrogens (tertiary/aromatic N) is 3. The normalized spacial score (nSPS) is 11.0. The summed E-state index contributed by atoms with van der Waals surface area (Å²) in [5.41, 5.74) is 2.64. The van der Waals surface area contributed by atoms with Crippen LogP contribution < -0.4 is 10.6 Å². The fourth-order valence-corrected chi connectivity index (χ4v) is 3.53. The van der Waals surface area contributed by atoms with Crippen molar-refractivity contribution in [1.82, 2.24) is 19.9 Å². The van der Waals surface area contributed by atoms with E-state index in [1.165, 1.54) is 10.7 Å². The summed E-state index contributed by atoms with van der Waals surface area (Å²) in [5.74, 6) is 0.266. The van der Waals surface area contributed by atoms with Crippen LogP contribution in [-0.2, 0) is 13.1 Å². The first-order valence-corrected chi connectivity index (χ1v) is 10.7. The number of benzene rings is 2. The van der Waals surface area contributed by atoms with E-state index in [0.717, 1.165) is 11.1 Å². The summed E-state index contributed by atoms with van der Waals surface area (Å²) in [6, 6.07) is 14.2. The Morgan fingerprint density at radius 1 is 0.839 bits per heavy atom. The van der Waals surface area contributed by atoms with Crippen molar-refractivity contribution in [2.45, 2.75) is 13.1 Å². The van der Waals surface area contributed by atoms with Crippen LogP contribution in [0.2, 0.25) is 20.1 Å². The van der Waals surface area contributed by atoms with Crippen LogP contribution in [0.1, 0.15) is 21.6 Å². The van der Waals surface area contributed by atoms with Crippen LogP contribution >= 0.6 is 46.4 Å². The quantitative estimate of drug-likeness (QED) is 0.350. The van der Waals surface area contributed by atoms with Gasteiger partial charge in [-0.1, -0.05) is 58.5 Å². The molecule has 0 bridgehead atoms. The standard InChI is InChI=1S/C21H15Cl4N5O/c22-14-3-1-12(7-16(14)24)9-26-19-5-6-20-27-11-18(30(20)29-19)21(31)28-10-13-2-4-15(23)17(25)8-13/h1-8,11H,9-10H2,(H,26,29)(H,28,31). The van der Waals surface area contributed by atoms with Gasteiger partial charge in [-0.15, -0.1) is 5.10 Å². The van der Waals surface area contributed by atoms with E-state index in [1.807, 2.05) is 6.07 Å². The van der Waals surface area contributed by atoms with Gasteiger partial charge in [0.15, 0.2) is 11.3 Å². The minimum atomic E-state index is -0.312. The topological polar surface area (TPSA) is 71.3 Å². The van der Waals surface area contributed by atoms with Gasteiger partial charge in [0, 0.05) is 13.1 Å². The molecule has 2 N–H and O–H groups in total. The van der Waals surface area contributed by atoms with Crippen LogP contribution in [0.3, 0.4) is 0 Å². The lowest BCUT2D eigenvalue weighted by Crippen LogP contribution is -2.24. The lowest BCUT2D eigenvalue weighted by atomic mass is 10.2. The van der Waals surface area contributed by atoms with Gasteiger partial charge < -0.3 is 10.6 Å². The van der Waals surface area contributed by atoms with Crippen LogP contribution in [0, 0.1) is 0 Å². The van der Waals surface area contributed by atoms with Crippen LogP contribution in [0.5, 0.6) is 0 Å². The number of nitrogens with one attached hydrogen (secondary N) is 2. The maximum Gasteiger partial charge on any atom is 0.271 e. The van der Waals surface area contributed by atoms with Crippen molar-refractivity contribution in [2.75, 3.05) is 5.32 Å². The van der Waals surface area contributed by atoms with Crippen molar-refractivity contribution >= 4 is 63.8 Å². The molecular weight excluding hydrogens is 480 g/mol. The number of aromatic nitrogens is 3. The molecule has 0 aliphatic rings. The zero-order valence-electron chi connectivity index (χ0n) is 15.9. The highest BCUT2D eigenvalue weighted by atomic mass is 35.5. The lowest BCUT2D eigenvalue weighted by molar-refractivity contribution is 0.0944. The molecule has 10 heteroatoms. The Morgan fingerprint density at radius 2 is 1.48 bits per heavy atom. The van der Waals surface area contributed by atoms with Crippen LogP contribution in [0.25, 0.3) is 5.65 Å². The Bertz CT molecular complexity index is 1270. The summed E-state index contributed by atoms with van der Waals surface area (Å²) in [4.78, 5) is 16.9. The third kappa shape index (κ3) is 5.05. The minimum absolute atomic E-state index is 0.290. The number of imidazole rings is 1. The molecule has 0 aliphatic carbocycles. The van der Waals surface area contributed by atoms with E-state index in [-0.39, 0.29) is 12.5 Å². The molecule has 0 unspecified atom stereocenters. The zero-order chi connectivity index (χ0) is 22.0. The molecule has 4 rings (SSSR count). The highest BCUT2D eigenvalue weighted by Crippen LogP contribution is 2.23. The fraction of sp³-hybridized carbons (Fsp3) is 0.0952. The van der Waals surface area contributed by atoms with Crippen molar-refractivity contribution in [2.24, 2.45) is 0 Å². The Kier molecular flexibility index (Phi) is 6.53. The van der Waals surface area contributed by atoms with E-state index in [0.29, 0.717) is 43.8 Å². The first-order chi connectivity index (χ1) is 14.9. The van der Waals surface area contributed by atoms with Gasteiger partial charge in [-0.05, 0) is 47.5 Å². The summed E-state index contributed by atoms with van der Waals surface area (Å²) in [7, 11) is 0. The molecule has 4 aromatic rings. The van der Waals surface area contributed by atoms with Gasteiger partial charge >= 0.3 is 0 Å². The Morgan fingerprint density at radius 3 is 2.13 bits per heavy atom. The van der Waals surface area contributed by atoms with Gasteiger partial charge in [-0.2, -0.15) is 0 Å². The van der Waals surface area contributed by atoms with Gasteiger partial charge in [-0.25, -0.2) is 9.50 Å². The molecule has 2 heterocycles. The second kappa shape index (κ2) is 9.32. The van der Waals surface area contributed by atoms with Crippen molar-refractivity contribution in [3.63, 3.8) is 0 Å². The highest BCUT2D eigenvalue weighted by molar-refractivity contribution is 6.42. The predicted molar refractivity (Wildman–Crippen MR) is 124 cm³/mol. The Balaban J connectivity index is 1.47. The summed E-state index contributed by atoms with van der Waals surface area (Å²) in [6.45, 7) is 0.779. The van der Waals surface area contributed by atoms with E-state index in [4.69, 9.17) is 46.4 Å². The van der Waals surface area contributed by atoms with Crippen molar-refractivity contribution in [3.05, 3.63) is 91.6 Å². The molecule has 0 saturated carbocycles. The highest BCUT2D eigenvalue weighted by Gasteiger charge is 2.14. The van der Waals surface area contributed by atoms with E-state index in [9.17, 15) is 4.79 Å². The first kappa shape index (κ1) is 21.7. The number of anilines is 1. The maximum absolute atomic E-state index is 12.7. The smallest absolute Gasteiger partial charge is 0.271 e. The zero-order valence-corrected chi connectivity index (χ0v) is 18.9. The molecule has 1 amide bonds. The van der Waals surface area contributed by atoms with Crippen molar-refractivity contribution < 1.29 is 4.79 Å². The molecule has 0 fully saturated rings. The van der Waals surface area contributed by atoms with Gasteiger partial charge in [0.05, 0.1) is 26.3 Å². The van der Waals surface area contributed by atoms with Gasteiger partial charge in [-0.3, -0.25) is 4.79 Å². The molecule has 0 saturated heterocycles. The molecule has 2 aromatic heterocycles. The molecule has 0 spiro atoms. The van der Waals surface area contributed by atoms with Crippen molar-refractivity contribution in [1.29, 1.82) is 0 Å². The lowest BCUT2D eigenvalue weighted by Gasteiger charge is -2.09. The van der Waals surface area contributed by atoms with E-state index in [2.05, 4.69) is 20.7 Å². The van der Waals surface area contributed by atoms with Crippen LogP contribution in [-0.4, -0.2) is 20.5 Å². The third-order valence-corrected chi connectivity index (χ3v) is 5.97. The van der Waals surface area contributed by atoms with Gasteiger partial charge in [0.1, 0.15) is 5.82 Å². The number of carbonyl (C=O) groups is 1. The molecule has 158 valence electrons. The number of hydrogen-bond acceptors (Lipinski definition) is 4. The SMILES string of the molecule is O=C(NCc1ccc(Cl)c(Cl)c1)c1cnc2ccc(NCc3ccc(Cl)c(Cl)c3)nn12. The molecule has 2 aromatic carbocycles. The van der Waals surface area contributed by atoms with E-state index < -0.39 is 0 Å². The van der Waals surface area contributed by atoms with E-state index >= 15 is 0 Å². The van der Waals surface area contributed by atoms with Gasteiger partial charge in [0.2, 0.25) is 0 Å². The summed E-state index contributed by atoms with van der Waals surface area (Å²) in [5, 5.41) is 12.4. The number of fused-ring (bicyclic) bond motifs is 1. The number of halogens is 4. The largest absolute Gasteiger partial charge is 0.365 e. The molecular formula is C21H15Cl4N5O. The molecule has 6 nitrogen and oxygen atoms in total. The third-order valence-electron chi connectivity index (χ3n) is 4.49. The number of carbonyl (C=O) groups excluding carboxylic acids is 1. The molecule has 31 heavy (non-hydrogen) atoms. The number of amides is 1. The summed E-state index contributed by atoms with van der Waals surface area (Å²) >= 11 is 24.0. The maximum atomic E-state index is 12.7. The average molecular weight is 495 g/mol. The molecule has 0 radical (unpaired) electrons. The Labute approximate surface area is 198 Å². The second-order valence-electron chi connectivity index (χ2n) is 6.67. The average Bonchev–Trinajstić information content (AvgIpc) is 3.18. The number of rotatable bonds is 6. The van der Waals surface area contributed by atoms with E-state index in [1.54, 1.807) is 42.5 Å². The summed E-state index contributed by atoms with van der Waals surface area (Å²) < 4.78 is 1.49. The van der Waals surface area contributed by atoms with Crippen LogP contribution in [0.4, 0.5) is 5.82 Å². The van der Waals surface area contributed by atoms with Crippen LogP contribution in [0.15, 0.2) is 54.7 Å². The van der Waals surface area contributed by atoms with Crippen molar-refractivity contribution in [3.8, 4) is 0 Å². The monoisotopic (exact) mass is 493 g/mol. The first-order valence-electron chi connectivity index (χ1n) is 9.15.